The summed E-state index contributed by atoms with van der Waals surface area (Å²) in [7, 11) is 0.657. The van der Waals surface area contributed by atoms with Gasteiger partial charge in [-0.25, -0.2) is 0 Å². The highest BCUT2D eigenvalue weighted by atomic mass is 16.6. The van der Waals surface area contributed by atoms with Gasteiger partial charge in [-0.05, 0) is 25.6 Å². The second-order valence-electron chi connectivity index (χ2n) is 5.25. The number of unbranched alkanes of at least 4 members (excludes halogenated alkanes) is 1. The first kappa shape index (κ1) is 16.4. The van der Waals surface area contributed by atoms with Crippen molar-refractivity contribution < 1.29 is 23.6 Å². The Morgan fingerprint density at radius 2 is 1.73 bits per heavy atom. The zero-order chi connectivity index (χ0) is 15.9. The smallest absolute Gasteiger partial charge is 0.494 e. The Kier molecular flexibility index (Phi) is 5.83. The zero-order valence-corrected chi connectivity index (χ0v) is 12.9. The van der Waals surface area contributed by atoms with Crippen molar-refractivity contribution >= 4 is 24.5 Å². The maximum atomic E-state index is 11.7. The molecular weight excluding hydrogens is 285 g/mol. The van der Waals surface area contributed by atoms with Crippen molar-refractivity contribution in [2.24, 2.45) is 0 Å². The van der Waals surface area contributed by atoms with E-state index < -0.39 is 19.1 Å². The Labute approximate surface area is 130 Å². The molecule has 0 unspecified atom stereocenters. The van der Waals surface area contributed by atoms with Gasteiger partial charge in [-0.3, -0.25) is 14.5 Å². The van der Waals surface area contributed by atoms with Crippen LogP contribution >= 0.6 is 0 Å². The van der Waals surface area contributed by atoms with Gasteiger partial charge >= 0.3 is 19.1 Å². The predicted molar refractivity (Wildman–Crippen MR) is 81.9 cm³/mol. The topological polar surface area (TPSA) is 65.1 Å². The largest absolute Gasteiger partial charge is 0.636 e. The highest BCUT2D eigenvalue weighted by Crippen LogP contribution is 2.10. The molecule has 1 aliphatic rings. The molecule has 0 radical (unpaired) electrons. The van der Waals surface area contributed by atoms with Crippen LogP contribution in [0.4, 0.5) is 0 Å². The molecule has 0 amide bonds. The molecule has 0 atom stereocenters. The molecule has 2 rings (SSSR count). The van der Waals surface area contributed by atoms with Gasteiger partial charge in [-0.1, -0.05) is 25.5 Å². The van der Waals surface area contributed by atoms with Crippen LogP contribution in [-0.4, -0.2) is 50.7 Å². The fraction of sp³-hybridized carbons (Fsp3) is 0.467. The van der Waals surface area contributed by atoms with Gasteiger partial charge in [-0.2, -0.15) is 0 Å². The van der Waals surface area contributed by atoms with Crippen molar-refractivity contribution in [2.75, 3.05) is 26.7 Å². The summed E-state index contributed by atoms with van der Waals surface area (Å²) in [6.45, 7) is 2.88. The molecule has 0 aliphatic carbocycles. The quantitative estimate of drug-likeness (QED) is 0.586. The van der Waals surface area contributed by atoms with Crippen molar-refractivity contribution in [1.82, 2.24) is 4.90 Å². The molecule has 0 spiro atoms. The van der Waals surface area contributed by atoms with E-state index in [9.17, 15) is 9.59 Å². The number of likely N-dealkylation sites (N-methyl/N-ethyl adjacent to an activating group) is 1. The number of carbonyl (C=O) groups excluding carboxylic acids is 2. The summed E-state index contributed by atoms with van der Waals surface area (Å²) >= 11 is 0. The molecule has 22 heavy (non-hydrogen) atoms. The predicted octanol–water partition coefficient (Wildman–Crippen LogP) is 0.593. The van der Waals surface area contributed by atoms with E-state index in [1.54, 1.807) is 36.2 Å². The van der Waals surface area contributed by atoms with E-state index in [0.29, 0.717) is 12.1 Å². The summed E-state index contributed by atoms with van der Waals surface area (Å²) in [6, 6.07) is 7.02. The Morgan fingerprint density at radius 1 is 1.14 bits per heavy atom. The fourth-order valence-electron chi connectivity index (χ4n) is 2.03. The monoisotopic (exact) mass is 305 g/mol. The Bertz CT molecular complexity index is 499. The maximum absolute atomic E-state index is 11.7. The van der Waals surface area contributed by atoms with Crippen LogP contribution in [0.2, 0.25) is 0 Å². The van der Waals surface area contributed by atoms with Gasteiger partial charge < -0.3 is 14.0 Å². The number of rotatable bonds is 5. The third-order valence-corrected chi connectivity index (χ3v) is 3.19. The first-order valence-electron chi connectivity index (χ1n) is 7.38. The molecule has 1 aromatic rings. The van der Waals surface area contributed by atoms with Crippen LogP contribution in [0.15, 0.2) is 24.3 Å². The molecule has 0 N–H and O–H groups in total. The van der Waals surface area contributed by atoms with E-state index in [-0.39, 0.29) is 13.1 Å². The molecule has 1 aromatic carbocycles. The third-order valence-electron chi connectivity index (χ3n) is 3.19. The highest BCUT2D eigenvalue weighted by Gasteiger charge is 2.33. The zero-order valence-electron chi connectivity index (χ0n) is 12.9. The van der Waals surface area contributed by atoms with Crippen LogP contribution in [0.3, 0.4) is 0 Å². The molecule has 1 fully saturated rings. The Hall–Kier alpha value is -2.02. The summed E-state index contributed by atoms with van der Waals surface area (Å²) < 4.78 is 16.0. The molecule has 7 heteroatoms. The molecule has 1 saturated heterocycles. The van der Waals surface area contributed by atoms with Gasteiger partial charge in [0.15, 0.2) is 0 Å². The Morgan fingerprint density at radius 3 is 2.27 bits per heavy atom. The van der Waals surface area contributed by atoms with Gasteiger partial charge in [-0.15, -0.1) is 0 Å². The lowest BCUT2D eigenvalue weighted by atomic mass is 9.78. The molecular formula is C15H20BNO5. The van der Waals surface area contributed by atoms with Crippen LogP contribution in [0.1, 0.15) is 19.8 Å². The lowest BCUT2D eigenvalue weighted by molar-refractivity contribution is -0.145. The van der Waals surface area contributed by atoms with Crippen molar-refractivity contribution in [3.63, 3.8) is 0 Å². The SMILES string of the molecule is CCCCOc1ccc(B2OC(=O)CN(C)CC(=O)O2)cc1. The van der Waals surface area contributed by atoms with Crippen LogP contribution < -0.4 is 10.2 Å². The standard InChI is InChI=1S/C15H20BNO5/c1-3-4-9-20-13-7-5-12(6-8-13)16-21-14(18)10-17(2)11-15(19)22-16/h5-8H,3-4,9-11H2,1-2H3. The van der Waals surface area contributed by atoms with E-state index in [2.05, 4.69) is 6.92 Å². The lowest BCUT2D eigenvalue weighted by Crippen LogP contribution is -2.47. The summed E-state index contributed by atoms with van der Waals surface area (Å²) in [4.78, 5) is 24.9. The number of hydrogen-bond donors (Lipinski definition) is 0. The van der Waals surface area contributed by atoms with Crippen molar-refractivity contribution in [1.29, 1.82) is 0 Å². The fourth-order valence-corrected chi connectivity index (χ4v) is 2.03. The molecule has 1 heterocycles. The molecule has 118 valence electrons. The minimum atomic E-state index is -1.00. The number of nitrogens with zero attached hydrogens (tertiary/aromatic N) is 1. The minimum Gasteiger partial charge on any atom is -0.494 e. The number of benzene rings is 1. The summed E-state index contributed by atoms with van der Waals surface area (Å²) in [6.07, 6.45) is 2.06. The van der Waals surface area contributed by atoms with E-state index in [0.717, 1.165) is 18.6 Å². The summed E-state index contributed by atoms with van der Waals surface area (Å²) in [5.41, 5.74) is 0.606. The molecule has 6 nitrogen and oxygen atoms in total. The average Bonchev–Trinajstić information content (AvgIpc) is 2.46. The number of hydrogen-bond acceptors (Lipinski definition) is 6. The summed E-state index contributed by atoms with van der Waals surface area (Å²) in [5, 5.41) is 0. The summed E-state index contributed by atoms with van der Waals surface area (Å²) in [5.74, 6) is -0.119. The van der Waals surface area contributed by atoms with Crippen molar-refractivity contribution in [2.45, 2.75) is 19.8 Å². The lowest BCUT2D eigenvalue weighted by Gasteiger charge is -2.22. The molecule has 0 saturated carbocycles. The second kappa shape index (κ2) is 7.84. The molecule has 0 bridgehead atoms. The van der Waals surface area contributed by atoms with Crippen LogP contribution in [0, 0.1) is 0 Å². The van der Waals surface area contributed by atoms with Gasteiger partial charge in [0.2, 0.25) is 0 Å². The van der Waals surface area contributed by atoms with Gasteiger partial charge in [0.05, 0.1) is 19.7 Å². The normalized spacial score (nSPS) is 16.5. The van der Waals surface area contributed by atoms with Crippen molar-refractivity contribution in [3.8, 4) is 5.75 Å². The van der Waals surface area contributed by atoms with Crippen molar-refractivity contribution in [3.05, 3.63) is 24.3 Å². The maximum Gasteiger partial charge on any atom is 0.636 e. The molecule has 1 aliphatic heterocycles. The molecule has 0 aromatic heterocycles. The Balaban J connectivity index is 2.02. The number of ether oxygens (including phenoxy) is 1. The van der Waals surface area contributed by atoms with E-state index >= 15 is 0 Å². The first-order chi connectivity index (χ1) is 10.6. The average molecular weight is 305 g/mol. The highest BCUT2D eigenvalue weighted by molar-refractivity contribution is 6.64. The van der Waals surface area contributed by atoms with E-state index in [1.807, 2.05) is 0 Å². The van der Waals surface area contributed by atoms with Gasteiger partial charge in [0, 0.05) is 5.46 Å². The van der Waals surface area contributed by atoms with Gasteiger partial charge in [0.1, 0.15) is 5.75 Å². The number of carbonyl (C=O) groups is 2. The first-order valence-corrected chi connectivity index (χ1v) is 7.38. The van der Waals surface area contributed by atoms with E-state index in [4.69, 9.17) is 14.0 Å². The third kappa shape index (κ3) is 4.77. The minimum absolute atomic E-state index is 0.0593. The second-order valence-corrected chi connectivity index (χ2v) is 5.25. The van der Waals surface area contributed by atoms with Crippen LogP contribution in [0.25, 0.3) is 0 Å². The van der Waals surface area contributed by atoms with Gasteiger partial charge in [0.25, 0.3) is 0 Å². The van der Waals surface area contributed by atoms with Crippen LogP contribution in [-0.2, 0) is 18.9 Å². The van der Waals surface area contributed by atoms with E-state index in [1.165, 1.54) is 0 Å². The van der Waals surface area contributed by atoms with Crippen LogP contribution in [0.5, 0.6) is 5.75 Å².